The zero-order chi connectivity index (χ0) is 12.2. The zero-order valence-electron chi connectivity index (χ0n) is 8.44. The summed E-state index contributed by atoms with van der Waals surface area (Å²) in [6.07, 6.45) is 0. The zero-order valence-corrected chi connectivity index (χ0v) is 11.0. The van der Waals surface area contributed by atoms with Gasteiger partial charge in [-0.05, 0) is 23.9 Å². The van der Waals surface area contributed by atoms with Gasteiger partial charge < -0.3 is 4.52 Å². The van der Waals surface area contributed by atoms with Crippen molar-refractivity contribution in [2.75, 3.05) is 12.4 Å². The lowest BCUT2D eigenvalue weighted by molar-refractivity contribution is 0.377. The van der Waals surface area contributed by atoms with E-state index in [-0.39, 0.29) is 17.3 Å². The first-order chi connectivity index (χ1) is 7.31. The van der Waals surface area contributed by atoms with Crippen LogP contribution < -0.4 is 11.0 Å². The molecule has 8 heteroatoms. The molecule has 4 N–H and O–H groups in total. The minimum absolute atomic E-state index is 0.0818. The number of sulfone groups is 1. The molecule has 0 saturated heterocycles. The molecule has 0 aliphatic heterocycles. The standard InChI is InChI=1S/C8H13N2O3PS2/c9-14(10,15)13-6-7-16(11,12)8-4-2-1-3-5-8/h1-5H,6-7H2,(H4,9,10,15). The Balaban J connectivity index is 2.64. The quantitative estimate of drug-likeness (QED) is 0.768. The summed E-state index contributed by atoms with van der Waals surface area (Å²) in [7, 11) is -3.35. The summed E-state index contributed by atoms with van der Waals surface area (Å²) in [4.78, 5) is 0.251. The van der Waals surface area contributed by atoms with E-state index in [9.17, 15) is 8.42 Å². The molecule has 0 heterocycles. The molecule has 0 spiro atoms. The molecule has 1 rings (SSSR count). The molecule has 0 saturated carbocycles. The third kappa shape index (κ3) is 4.69. The summed E-state index contributed by atoms with van der Waals surface area (Å²) >= 11 is 4.64. The predicted molar refractivity (Wildman–Crippen MR) is 67.1 cm³/mol. The van der Waals surface area contributed by atoms with Gasteiger partial charge in [-0.25, -0.2) is 8.42 Å². The molecule has 0 amide bonds. The Kier molecular flexibility index (Phi) is 4.61. The van der Waals surface area contributed by atoms with E-state index in [2.05, 4.69) is 11.8 Å². The van der Waals surface area contributed by atoms with Crippen LogP contribution in [-0.2, 0) is 26.2 Å². The van der Waals surface area contributed by atoms with Crippen molar-refractivity contribution in [2.24, 2.45) is 11.0 Å². The van der Waals surface area contributed by atoms with Crippen molar-refractivity contribution >= 4 is 28.2 Å². The fourth-order valence-electron chi connectivity index (χ4n) is 1.04. The Morgan fingerprint density at radius 1 is 1.25 bits per heavy atom. The van der Waals surface area contributed by atoms with E-state index >= 15 is 0 Å². The summed E-state index contributed by atoms with van der Waals surface area (Å²) in [5, 5.41) is 0. The number of hydrogen-bond acceptors (Lipinski definition) is 4. The van der Waals surface area contributed by atoms with Crippen molar-refractivity contribution in [3.05, 3.63) is 30.3 Å². The topological polar surface area (TPSA) is 95.4 Å². The lowest BCUT2D eigenvalue weighted by Crippen LogP contribution is -2.15. The van der Waals surface area contributed by atoms with Crippen molar-refractivity contribution < 1.29 is 12.9 Å². The maximum Gasteiger partial charge on any atom is 0.192 e. The van der Waals surface area contributed by atoms with Crippen LogP contribution in [0.4, 0.5) is 0 Å². The Hall–Kier alpha value is -0.300. The first kappa shape index (κ1) is 13.8. The van der Waals surface area contributed by atoms with Gasteiger partial charge >= 0.3 is 0 Å². The van der Waals surface area contributed by atoms with Crippen molar-refractivity contribution in [1.82, 2.24) is 0 Å². The minimum Gasteiger partial charge on any atom is -0.326 e. The minimum atomic E-state index is -3.35. The summed E-state index contributed by atoms with van der Waals surface area (Å²) in [5.41, 5.74) is 10.6. The Morgan fingerprint density at radius 2 is 1.81 bits per heavy atom. The highest BCUT2D eigenvalue weighted by molar-refractivity contribution is 8.10. The molecule has 1 aromatic rings. The molecule has 0 atom stereocenters. The van der Waals surface area contributed by atoms with Crippen LogP contribution in [0.2, 0.25) is 0 Å². The van der Waals surface area contributed by atoms with Gasteiger partial charge in [0.15, 0.2) is 16.4 Å². The van der Waals surface area contributed by atoms with E-state index in [1.165, 1.54) is 12.1 Å². The van der Waals surface area contributed by atoms with Crippen LogP contribution in [0.1, 0.15) is 0 Å². The number of benzene rings is 1. The Labute approximate surface area is 99.9 Å². The first-order valence-corrected chi connectivity index (χ1v) is 8.92. The summed E-state index contributed by atoms with van der Waals surface area (Å²) < 4.78 is 28.4. The number of nitrogens with two attached hydrogens (primary N) is 2. The first-order valence-electron chi connectivity index (χ1n) is 4.41. The van der Waals surface area contributed by atoms with Crippen molar-refractivity contribution in [2.45, 2.75) is 4.90 Å². The average Bonchev–Trinajstić information content (AvgIpc) is 2.17. The molecular formula is C8H13N2O3PS2. The Morgan fingerprint density at radius 3 is 2.31 bits per heavy atom. The van der Waals surface area contributed by atoms with Gasteiger partial charge in [-0.15, -0.1) is 0 Å². The highest BCUT2D eigenvalue weighted by atomic mass is 32.4. The SMILES string of the molecule is NP(N)(=S)OCCS(=O)(=O)c1ccccc1. The van der Waals surface area contributed by atoms with Crippen LogP contribution in [0.5, 0.6) is 0 Å². The monoisotopic (exact) mass is 280 g/mol. The van der Waals surface area contributed by atoms with Gasteiger partial charge in [0.05, 0.1) is 17.3 Å². The van der Waals surface area contributed by atoms with E-state index in [1.807, 2.05) is 0 Å². The molecule has 5 nitrogen and oxygen atoms in total. The Bertz CT molecular complexity index is 483. The molecular weight excluding hydrogens is 267 g/mol. The third-order valence-electron chi connectivity index (χ3n) is 1.75. The normalized spacial score (nSPS) is 12.6. The van der Waals surface area contributed by atoms with Crippen LogP contribution >= 0.6 is 6.57 Å². The third-order valence-corrected chi connectivity index (χ3v) is 4.34. The van der Waals surface area contributed by atoms with Crippen molar-refractivity contribution in [3.63, 3.8) is 0 Å². The predicted octanol–water partition coefficient (Wildman–Crippen LogP) is 0.619. The van der Waals surface area contributed by atoms with Gasteiger partial charge in [0.1, 0.15) is 0 Å². The van der Waals surface area contributed by atoms with Crippen molar-refractivity contribution in [1.29, 1.82) is 0 Å². The lowest BCUT2D eigenvalue weighted by atomic mass is 10.4. The highest BCUT2D eigenvalue weighted by Crippen LogP contribution is 2.26. The molecule has 0 aliphatic rings. The molecule has 0 aromatic heterocycles. The van der Waals surface area contributed by atoms with Crippen LogP contribution in [0, 0.1) is 0 Å². The molecule has 0 radical (unpaired) electrons. The molecule has 0 fully saturated rings. The molecule has 90 valence electrons. The summed E-state index contributed by atoms with van der Waals surface area (Å²) in [6, 6.07) is 8.11. The van der Waals surface area contributed by atoms with Gasteiger partial charge in [0.2, 0.25) is 0 Å². The van der Waals surface area contributed by atoms with Crippen LogP contribution in [-0.4, -0.2) is 20.8 Å². The number of rotatable bonds is 5. The van der Waals surface area contributed by atoms with Gasteiger partial charge in [0.25, 0.3) is 0 Å². The lowest BCUT2D eigenvalue weighted by Gasteiger charge is -2.11. The smallest absolute Gasteiger partial charge is 0.192 e. The maximum atomic E-state index is 11.7. The largest absolute Gasteiger partial charge is 0.326 e. The summed E-state index contributed by atoms with van der Waals surface area (Å²) in [6.45, 7) is -2.86. The van der Waals surface area contributed by atoms with Crippen LogP contribution in [0.25, 0.3) is 0 Å². The van der Waals surface area contributed by atoms with Gasteiger partial charge in [-0.2, -0.15) is 0 Å². The van der Waals surface area contributed by atoms with E-state index in [0.717, 1.165) is 0 Å². The fourth-order valence-corrected chi connectivity index (χ4v) is 2.87. The molecule has 0 aliphatic carbocycles. The highest BCUT2D eigenvalue weighted by Gasteiger charge is 2.14. The maximum absolute atomic E-state index is 11.7. The van der Waals surface area contributed by atoms with Gasteiger partial charge in [-0.3, -0.25) is 11.0 Å². The molecule has 0 bridgehead atoms. The second kappa shape index (κ2) is 5.35. The average molecular weight is 280 g/mol. The molecule has 16 heavy (non-hydrogen) atoms. The van der Waals surface area contributed by atoms with E-state index in [0.29, 0.717) is 0 Å². The van der Waals surface area contributed by atoms with Crippen molar-refractivity contribution in [3.8, 4) is 0 Å². The van der Waals surface area contributed by atoms with E-state index in [1.54, 1.807) is 18.2 Å². The second-order valence-corrected chi connectivity index (χ2v) is 8.48. The second-order valence-electron chi connectivity index (χ2n) is 3.11. The fraction of sp³-hybridized carbons (Fsp3) is 0.250. The van der Waals surface area contributed by atoms with E-state index < -0.39 is 16.4 Å². The van der Waals surface area contributed by atoms with E-state index in [4.69, 9.17) is 15.5 Å². The van der Waals surface area contributed by atoms with Gasteiger partial charge in [0, 0.05) is 0 Å². The van der Waals surface area contributed by atoms with Gasteiger partial charge in [-0.1, -0.05) is 18.2 Å². The van der Waals surface area contributed by atoms with Crippen LogP contribution in [0.3, 0.4) is 0 Å². The number of hydrogen-bond donors (Lipinski definition) is 2. The van der Waals surface area contributed by atoms with Crippen LogP contribution in [0.15, 0.2) is 35.2 Å². The molecule has 1 aromatic carbocycles. The molecule has 0 unspecified atom stereocenters. The summed E-state index contributed by atoms with van der Waals surface area (Å²) in [5.74, 6) is -0.177.